The monoisotopic (exact) mass is 695 g/mol. The highest BCUT2D eigenvalue weighted by molar-refractivity contribution is 6.07. The molecule has 0 radical (unpaired) electrons. The number of carbonyl (C=O) groups is 4. The molecule has 2 unspecified atom stereocenters. The van der Waals surface area contributed by atoms with E-state index in [1.54, 1.807) is 0 Å². The van der Waals surface area contributed by atoms with Crippen molar-refractivity contribution in [3.8, 4) is 0 Å². The lowest BCUT2D eigenvalue weighted by Gasteiger charge is -2.26. The van der Waals surface area contributed by atoms with Crippen molar-refractivity contribution in [1.29, 1.82) is 0 Å². The summed E-state index contributed by atoms with van der Waals surface area (Å²) in [7, 11) is 1.01. The van der Waals surface area contributed by atoms with E-state index in [1.165, 1.54) is 18.3 Å². The van der Waals surface area contributed by atoms with Gasteiger partial charge in [-0.25, -0.2) is 18.6 Å². The fourth-order valence-corrected chi connectivity index (χ4v) is 4.49. The van der Waals surface area contributed by atoms with Crippen molar-refractivity contribution in [2.45, 2.75) is 36.9 Å². The Morgan fingerprint density at radius 2 is 1.77 bits per heavy atom. The van der Waals surface area contributed by atoms with Gasteiger partial charge in [0.05, 0.1) is 49.6 Å². The fraction of sp³-hybridized carbons (Fsp3) is 0.333. The average molecular weight is 696 g/mol. The quantitative estimate of drug-likeness (QED) is 0.173. The number of carboxylic acids is 1. The first-order valence-electron chi connectivity index (χ1n) is 13.3. The third kappa shape index (κ3) is 8.85. The molecule has 1 aromatic heterocycles. The van der Waals surface area contributed by atoms with Crippen LogP contribution >= 0.6 is 0 Å². The predicted molar refractivity (Wildman–Crippen MR) is 150 cm³/mol. The summed E-state index contributed by atoms with van der Waals surface area (Å²) in [6, 6.07) is 2.42. The number of carboxylic acid groups (broad SMARTS) is 1. The maximum atomic E-state index is 15.0. The molecule has 3 aromatic rings. The van der Waals surface area contributed by atoms with Crippen LogP contribution in [0.5, 0.6) is 0 Å². The lowest BCUT2D eigenvalue weighted by molar-refractivity contribution is -0.192. The third-order valence-electron chi connectivity index (χ3n) is 6.71. The average Bonchev–Trinajstić information content (AvgIpc) is 3.41. The molecule has 13 nitrogen and oxygen atoms in total. The Labute approximate surface area is 263 Å². The Bertz CT molecular complexity index is 1740. The van der Waals surface area contributed by atoms with Gasteiger partial charge < -0.3 is 31.9 Å². The summed E-state index contributed by atoms with van der Waals surface area (Å²) in [4.78, 5) is 50.3. The zero-order valence-corrected chi connectivity index (χ0v) is 24.3. The number of carbonyl (C=O) groups excluding carboxylic acids is 3. The molecule has 2 amide bonds. The number of aliphatic carboxylic acids is 1. The first-order valence-corrected chi connectivity index (χ1v) is 13.3. The minimum atomic E-state index is -5.08. The molecule has 2 heterocycles. The summed E-state index contributed by atoms with van der Waals surface area (Å²) in [5.41, 5.74) is 9.46. The highest BCUT2D eigenvalue weighted by atomic mass is 19.4. The van der Waals surface area contributed by atoms with Crippen molar-refractivity contribution >= 4 is 46.3 Å². The number of halogens is 8. The molecule has 0 saturated heterocycles. The number of primary amides is 2. The van der Waals surface area contributed by atoms with Gasteiger partial charge in [0.15, 0.2) is 5.96 Å². The number of amides is 2. The van der Waals surface area contributed by atoms with Gasteiger partial charge in [0.1, 0.15) is 18.0 Å². The van der Waals surface area contributed by atoms with Crippen molar-refractivity contribution < 1.29 is 64.1 Å². The number of aromatic nitrogens is 2. The fourth-order valence-electron chi connectivity index (χ4n) is 4.49. The van der Waals surface area contributed by atoms with Gasteiger partial charge in [-0.15, -0.1) is 0 Å². The van der Waals surface area contributed by atoms with Gasteiger partial charge in [-0.3, -0.25) is 19.1 Å². The molecular weight excluding hydrogens is 670 g/mol. The zero-order valence-electron chi connectivity index (χ0n) is 24.3. The molecular formula is C27H25F8N7O6. The number of alkyl halides is 7. The molecule has 3 atom stereocenters. The summed E-state index contributed by atoms with van der Waals surface area (Å²) < 4.78 is 106. The van der Waals surface area contributed by atoms with Crippen molar-refractivity contribution in [3.05, 3.63) is 59.0 Å². The maximum Gasteiger partial charge on any atom is 0.490 e. The molecule has 0 fully saturated rings. The number of benzene rings is 2. The van der Waals surface area contributed by atoms with E-state index >= 15 is 4.39 Å². The number of anilines is 1. The molecule has 1 aliphatic heterocycles. The highest BCUT2D eigenvalue weighted by Crippen LogP contribution is 2.39. The van der Waals surface area contributed by atoms with Crippen LogP contribution in [0.15, 0.2) is 41.5 Å². The van der Waals surface area contributed by atoms with Crippen LogP contribution in [0, 0.1) is 5.82 Å². The second-order valence-electron chi connectivity index (χ2n) is 9.97. The van der Waals surface area contributed by atoms with Crippen molar-refractivity contribution in [3.63, 3.8) is 0 Å². The van der Waals surface area contributed by atoms with Gasteiger partial charge >= 0.3 is 24.3 Å². The van der Waals surface area contributed by atoms with E-state index in [-0.39, 0.29) is 41.2 Å². The van der Waals surface area contributed by atoms with Gasteiger partial charge in [0, 0.05) is 16.9 Å². The minimum absolute atomic E-state index is 0.0364. The molecule has 48 heavy (non-hydrogen) atoms. The number of methoxy groups -OCH3 is 1. The van der Waals surface area contributed by atoms with Gasteiger partial charge in [-0.05, 0) is 35.9 Å². The van der Waals surface area contributed by atoms with Crippen molar-refractivity contribution in [1.82, 2.24) is 15.1 Å². The van der Waals surface area contributed by atoms with E-state index in [4.69, 9.17) is 21.4 Å². The normalized spacial score (nSPS) is 16.0. The van der Waals surface area contributed by atoms with Crippen molar-refractivity contribution in [2.24, 2.45) is 16.5 Å². The van der Waals surface area contributed by atoms with Crippen LogP contribution in [0.25, 0.3) is 10.9 Å². The minimum Gasteiger partial charge on any atom is -0.475 e. The topological polar surface area (TPSA) is 204 Å². The molecule has 7 N–H and O–H groups in total. The van der Waals surface area contributed by atoms with E-state index in [9.17, 15) is 45.1 Å². The number of nitrogens with zero attached hydrogens (tertiary/aromatic N) is 3. The summed E-state index contributed by atoms with van der Waals surface area (Å²) in [5.74, 6) is -8.39. The number of esters is 1. The van der Waals surface area contributed by atoms with Crippen LogP contribution < -0.4 is 22.1 Å². The Morgan fingerprint density at radius 1 is 1.12 bits per heavy atom. The number of aliphatic imine (C=N–C) groups is 1. The number of rotatable bonds is 8. The number of nitrogens with one attached hydrogen (secondary N) is 2. The first kappa shape index (κ1) is 37.0. The first-order chi connectivity index (χ1) is 22.2. The van der Waals surface area contributed by atoms with Crippen LogP contribution in [0.1, 0.15) is 39.9 Å². The van der Waals surface area contributed by atoms with Crippen LogP contribution in [0.3, 0.4) is 0 Å². The predicted octanol–water partition coefficient (Wildman–Crippen LogP) is 3.01. The summed E-state index contributed by atoms with van der Waals surface area (Å²) >= 11 is 0. The van der Waals surface area contributed by atoms with E-state index < -0.39 is 77.6 Å². The summed E-state index contributed by atoms with van der Waals surface area (Å²) in [5, 5.41) is 17.2. The standard InChI is InChI=1S/C25H24F5N7O4.C2HF3O2/c1-41-20(38)7-15(14-6-12(25(28,29)30)2-3-17(14)27)21(23(32)40)37-19-5-11(22(31)39)4-18(16(19)10-35-37)36-24-33-8-13(26)9-34-24;3-2(4,5)1(6)7/h2-6,10,13,15,21H,7-9H2,1H3,(H2,31,39)(H2,32,40)(H2,33,34,36);(H,6,7)/t15-,21?;/m0./s1. The second-order valence-corrected chi connectivity index (χ2v) is 9.97. The number of guanidine groups is 1. The lowest BCUT2D eigenvalue weighted by Crippen LogP contribution is -2.41. The molecule has 21 heteroatoms. The Balaban J connectivity index is 0.000000804. The Morgan fingerprint density at radius 3 is 2.27 bits per heavy atom. The molecule has 0 bridgehead atoms. The number of hydrogen-bond donors (Lipinski definition) is 5. The summed E-state index contributed by atoms with van der Waals surface area (Å²) in [6.45, 7) is -0.167. The van der Waals surface area contributed by atoms with Gasteiger partial charge in [-0.1, -0.05) is 0 Å². The molecule has 2 aromatic carbocycles. The largest absolute Gasteiger partial charge is 0.490 e. The molecule has 0 aliphatic carbocycles. The van der Waals surface area contributed by atoms with E-state index in [2.05, 4.69) is 25.5 Å². The van der Waals surface area contributed by atoms with Crippen LogP contribution in [-0.4, -0.2) is 77.1 Å². The Hall–Kier alpha value is -5.50. The molecule has 0 spiro atoms. The van der Waals surface area contributed by atoms with E-state index in [0.717, 1.165) is 11.8 Å². The Kier molecular flexibility index (Phi) is 11.2. The van der Waals surface area contributed by atoms with E-state index in [0.29, 0.717) is 18.2 Å². The number of fused-ring (bicyclic) bond motifs is 1. The molecule has 1 aliphatic rings. The van der Waals surface area contributed by atoms with Gasteiger partial charge in [-0.2, -0.15) is 31.4 Å². The third-order valence-corrected chi connectivity index (χ3v) is 6.71. The number of ether oxygens (including phenoxy) is 1. The van der Waals surface area contributed by atoms with E-state index in [1.807, 2.05) is 0 Å². The van der Waals surface area contributed by atoms with Crippen LogP contribution in [-0.2, 0) is 25.3 Å². The SMILES string of the molecule is COC(=O)C[C@@H](c1cc(C(F)(F)F)ccc1F)C(C(N)=O)n1ncc2c(NC3=NCC(F)CN3)cc(C(N)=O)cc21.O=C(O)C(F)(F)F. The maximum absolute atomic E-state index is 15.0. The van der Waals surface area contributed by atoms with Gasteiger partial charge in [0.2, 0.25) is 11.8 Å². The smallest absolute Gasteiger partial charge is 0.475 e. The molecule has 4 rings (SSSR count). The zero-order chi connectivity index (χ0) is 36.1. The van der Waals surface area contributed by atoms with Gasteiger partial charge in [0.25, 0.3) is 0 Å². The lowest BCUT2D eigenvalue weighted by atomic mass is 9.86. The molecule has 0 saturated carbocycles. The van der Waals surface area contributed by atoms with Crippen LogP contribution in [0.4, 0.5) is 40.8 Å². The number of nitrogens with two attached hydrogens (primary N) is 2. The summed E-state index contributed by atoms with van der Waals surface area (Å²) in [6.07, 6.45) is -10.7. The molecule has 260 valence electrons. The highest BCUT2D eigenvalue weighted by Gasteiger charge is 2.39. The van der Waals surface area contributed by atoms with Crippen LogP contribution in [0.2, 0.25) is 0 Å². The van der Waals surface area contributed by atoms with Crippen molar-refractivity contribution in [2.75, 3.05) is 25.5 Å². The number of hydrogen-bond acceptors (Lipinski definition) is 9. The second kappa shape index (κ2) is 14.5.